The highest BCUT2D eigenvalue weighted by molar-refractivity contribution is 6.30. The molecule has 2 aromatic carbocycles. The van der Waals surface area contributed by atoms with Gasteiger partial charge in [-0.25, -0.2) is 13.8 Å². The number of carbonyl (C=O) groups excluding carboxylic acids is 1. The maximum absolute atomic E-state index is 14.2. The second-order valence-electron chi connectivity index (χ2n) is 7.68. The van der Waals surface area contributed by atoms with Crippen molar-refractivity contribution in [3.05, 3.63) is 87.8 Å². The van der Waals surface area contributed by atoms with Crippen molar-refractivity contribution < 1.29 is 18.7 Å². The van der Waals surface area contributed by atoms with Crippen molar-refractivity contribution in [1.29, 1.82) is 0 Å². The molecule has 2 heterocycles. The van der Waals surface area contributed by atoms with Crippen LogP contribution in [0, 0.1) is 5.82 Å². The molecular weight excluding hydrogens is 436 g/mol. The van der Waals surface area contributed by atoms with Crippen molar-refractivity contribution in [2.45, 2.75) is 19.0 Å². The summed E-state index contributed by atoms with van der Waals surface area (Å²) in [4.78, 5) is 19.0. The topological polar surface area (TPSA) is 65.5 Å². The molecule has 0 saturated carbocycles. The Bertz CT molecular complexity index is 1120. The number of aliphatic hydroxyl groups excluding tert-OH is 1. The monoisotopic (exact) mass is 457 g/mol. The fourth-order valence-corrected chi connectivity index (χ4v) is 4.14. The number of hydrogen-bond acceptors (Lipinski definition) is 4. The summed E-state index contributed by atoms with van der Waals surface area (Å²) in [6.45, 7) is -0.319. The molecular formula is C24H22ClF2N3O2. The minimum Gasteiger partial charge on any atom is -0.393 e. The second kappa shape index (κ2) is 9.63. The van der Waals surface area contributed by atoms with Crippen molar-refractivity contribution >= 4 is 29.0 Å². The van der Waals surface area contributed by atoms with E-state index in [-0.39, 0.29) is 18.3 Å². The number of fused-ring (bicyclic) bond motifs is 1. The van der Waals surface area contributed by atoms with Gasteiger partial charge in [-0.15, -0.1) is 0 Å². The van der Waals surface area contributed by atoms with Crippen LogP contribution in [0.2, 0.25) is 5.02 Å². The Hall–Kier alpha value is -3.03. The van der Waals surface area contributed by atoms with Crippen molar-refractivity contribution in [2.24, 2.45) is 0 Å². The van der Waals surface area contributed by atoms with Gasteiger partial charge in [-0.1, -0.05) is 17.7 Å². The largest absolute Gasteiger partial charge is 0.393 e. The number of rotatable bonds is 7. The van der Waals surface area contributed by atoms with E-state index in [1.165, 1.54) is 23.2 Å². The Morgan fingerprint density at radius 2 is 2.06 bits per heavy atom. The molecule has 0 saturated heterocycles. The number of hydrogen-bond donors (Lipinski definition) is 2. The number of benzene rings is 2. The summed E-state index contributed by atoms with van der Waals surface area (Å²) in [7, 11) is 0. The van der Waals surface area contributed by atoms with Crippen molar-refractivity contribution in [2.75, 3.05) is 29.9 Å². The van der Waals surface area contributed by atoms with Gasteiger partial charge in [0.1, 0.15) is 17.8 Å². The molecule has 8 heteroatoms. The van der Waals surface area contributed by atoms with E-state index in [2.05, 4.69) is 10.3 Å². The molecule has 0 bridgehead atoms. The van der Waals surface area contributed by atoms with Crippen LogP contribution in [0.1, 0.15) is 27.0 Å². The average Bonchev–Trinajstić information content (AvgIpc) is 3.25. The molecule has 3 aromatic rings. The molecule has 166 valence electrons. The third-order valence-corrected chi connectivity index (χ3v) is 5.56. The first-order chi connectivity index (χ1) is 15.4. The van der Waals surface area contributed by atoms with Crippen LogP contribution in [-0.4, -0.2) is 41.9 Å². The first-order valence-corrected chi connectivity index (χ1v) is 10.6. The summed E-state index contributed by atoms with van der Waals surface area (Å²) in [5, 5.41) is 12.8. The average molecular weight is 458 g/mol. The summed E-state index contributed by atoms with van der Waals surface area (Å²) in [5.41, 5.74) is 3.67. The van der Waals surface area contributed by atoms with E-state index in [0.717, 1.165) is 23.4 Å². The van der Waals surface area contributed by atoms with Crippen molar-refractivity contribution in [3.63, 3.8) is 0 Å². The normalized spacial score (nSPS) is 13.4. The zero-order valence-electron chi connectivity index (χ0n) is 17.2. The number of nitrogens with zero attached hydrogens (tertiary/aromatic N) is 2. The fourth-order valence-electron chi connectivity index (χ4n) is 3.89. The lowest BCUT2D eigenvalue weighted by atomic mass is 10.0. The molecule has 2 N–H and O–H groups in total. The number of aromatic nitrogens is 1. The van der Waals surface area contributed by atoms with Gasteiger partial charge in [0.2, 0.25) is 0 Å². The Labute approximate surface area is 189 Å². The molecule has 0 fully saturated rings. The maximum atomic E-state index is 14.2. The van der Waals surface area contributed by atoms with Gasteiger partial charge < -0.3 is 10.4 Å². The standard InChI is InChI=1S/C24H22ClF2N3O2/c25-17-9-16(10-18(26)12-17)8-15-4-6-29-23(11-15)30(13-19(27)14-31)24(32)21-2-1-3-22-20(21)5-7-28-22/h1-4,6,9-12,19,28,31H,5,7-8,13-14H2/t19-/m1/s1. The van der Waals surface area contributed by atoms with Gasteiger partial charge in [0.15, 0.2) is 0 Å². The first-order valence-electron chi connectivity index (χ1n) is 10.3. The number of aliphatic hydroxyl groups is 1. The van der Waals surface area contributed by atoms with Crippen LogP contribution in [0.15, 0.2) is 54.7 Å². The van der Waals surface area contributed by atoms with Gasteiger partial charge in [-0.3, -0.25) is 9.69 Å². The zero-order valence-corrected chi connectivity index (χ0v) is 17.9. The number of amides is 1. The molecule has 1 aromatic heterocycles. The highest BCUT2D eigenvalue weighted by atomic mass is 35.5. The van der Waals surface area contributed by atoms with Crippen LogP contribution in [0.5, 0.6) is 0 Å². The molecule has 4 rings (SSSR count). The minimum atomic E-state index is -1.62. The number of pyridine rings is 1. The predicted molar refractivity (Wildman–Crippen MR) is 121 cm³/mol. The number of halogens is 3. The Morgan fingerprint density at radius 3 is 2.84 bits per heavy atom. The summed E-state index contributed by atoms with van der Waals surface area (Å²) >= 11 is 5.95. The minimum absolute atomic E-state index is 0.259. The van der Waals surface area contributed by atoms with Crippen LogP contribution < -0.4 is 10.2 Å². The Morgan fingerprint density at radius 1 is 1.22 bits per heavy atom. The van der Waals surface area contributed by atoms with E-state index in [4.69, 9.17) is 11.6 Å². The molecule has 1 amide bonds. The van der Waals surface area contributed by atoms with E-state index >= 15 is 0 Å². The van der Waals surface area contributed by atoms with Crippen LogP contribution in [0.4, 0.5) is 20.3 Å². The van der Waals surface area contributed by atoms with Gasteiger partial charge in [-0.2, -0.15) is 0 Å². The van der Waals surface area contributed by atoms with E-state index in [1.54, 1.807) is 30.3 Å². The molecule has 1 aliphatic rings. The molecule has 0 radical (unpaired) electrons. The van der Waals surface area contributed by atoms with E-state index in [0.29, 0.717) is 29.0 Å². The molecule has 32 heavy (non-hydrogen) atoms. The Balaban J connectivity index is 1.67. The van der Waals surface area contributed by atoms with Crippen molar-refractivity contribution in [1.82, 2.24) is 4.98 Å². The van der Waals surface area contributed by atoms with Gasteiger partial charge in [0.05, 0.1) is 13.2 Å². The highest BCUT2D eigenvalue weighted by Gasteiger charge is 2.27. The SMILES string of the molecule is O=C(c1cccc2c1CCN2)N(C[C@@H](F)CO)c1cc(Cc2cc(F)cc(Cl)c2)ccn1. The lowest BCUT2D eigenvalue weighted by molar-refractivity contribution is 0.0968. The lowest BCUT2D eigenvalue weighted by Crippen LogP contribution is -2.38. The van der Waals surface area contributed by atoms with Gasteiger partial charge in [0, 0.05) is 29.0 Å². The number of nitrogens with one attached hydrogen (secondary N) is 1. The number of anilines is 2. The van der Waals surface area contributed by atoms with E-state index in [1.807, 2.05) is 6.07 Å². The van der Waals surface area contributed by atoms with Crippen LogP contribution >= 0.6 is 11.6 Å². The maximum Gasteiger partial charge on any atom is 0.259 e. The van der Waals surface area contributed by atoms with E-state index in [9.17, 15) is 18.7 Å². The summed E-state index contributed by atoms with van der Waals surface area (Å²) in [6.07, 6.45) is 0.951. The molecule has 0 aliphatic carbocycles. The second-order valence-corrected chi connectivity index (χ2v) is 8.12. The third kappa shape index (κ3) is 4.89. The molecule has 0 unspecified atom stereocenters. The molecule has 5 nitrogen and oxygen atoms in total. The van der Waals surface area contributed by atoms with Crippen molar-refractivity contribution in [3.8, 4) is 0 Å². The smallest absolute Gasteiger partial charge is 0.259 e. The third-order valence-electron chi connectivity index (χ3n) is 5.34. The fraction of sp³-hybridized carbons (Fsp3) is 0.250. The lowest BCUT2D eigenvalue weighted by Gasteiger charge is -2.24. The zero-order chi connectivity index (χ0) is 22.7. The summed E-state index contributed by atoms with van der Waals surface area (Å²) < 4.78 is 27.9. The van der Waals surface area contributed by atoms with Crippen LogP contribution in [-0.2, 0) is 12.8 Å². The number of carbonyl (C=O) groups is 1. The quantitative estimate of drug-likeness (QED) is 0.551. The van der Waals surface area contributed by atoms with Gasteiger partial charge in [-0.05, 0) is 72.0 Å². The number of alkyl halides is 1. The Kier molecular flexibility index (Phi) is 6.67. The molecule has 1 atom stereocenters. The van der Waals surface area contributed by atoms with Gasteiger partial charge >= 0.3 is 0 Å². The van der Waals surface area contributed by atoms with Gasteiger partial charge in [0.25, 0.3) is 5.91 Å². The molecule has 1 aliphatic heterocycles. The molecule has 0 spiro atoms. The first kappa shape index (κ1) is 22.2. The summed E-state index contributed by atoms with van der Waals surface area (Å²) in [6, 6.07) is 13.1. The highest BCUT2D eigenvalue weighted by Crippen LogP contribution is 2.28. The van der Waals surface area contributed by atoms with Crippen LogP contribution in [0.3, 0.4) is 0 Å². The van der Waals surface area contributed by atoms with E-state index < -0.39 is 18.6 Å². The summed E-state index contributed by atoms with van der Waals surface area (Å²) in [5.74, 6) is -0.567. The predicted octanol–water partition coefficient (Wildman–Crippen LogP) is 4.41. The van der Waals surface area contributed by atoms with Crippen LogP contribution in [0.25, 0.3) is 0 Å².